The third-order valence-electron chi connectivity index (χ3n) is 6.87. The molecule has 1 amide bonds. The summed E-state index contributed by atoms with van der Waals surface area (Å²) in [5.41, 5.74) is 3.54. The molecule has 4 saturated carbocycles. The van der Waals surface area contributed by atoms with Crippen molar-refractivity contribution >= 4 is 5.91 Å². The molecule has 1 N–H and O–H groups in total. The number of carbonyl (C=O) groups is 1. The van der Waals surface area contributed by atoms with Gasteiger partial charge in [-0.1, -0.05) is 0 Å². The number of rotatable bonds is 4. The van der Waals surface area contributed by atoms with Crippen LogP contribution in [0.4, 0.5) is 0 Å². The van der Waals surface area contributed by atoms with Crippen LogP contribution >= 0.6 is 0 Å². The van der Waals surface area contributed by atoms with Gasteiger partial charge in [-0.15, -0.1) is 0 Å². The van der Waals surface area contributed by atoms with Gasteiger partial charge in [0, 0.05) is 17.7 Å². The van der Waals surface area contributed by atoms with E-state index in [4.69, 9.17) is 0 Å². The van der Waals surface area contributed by atoms with Gasteiger partial charge in [-0.3, -0.25) is 9.48 Å². The Kier molecular flexibility index (Phi) is 3.54. The molecular formula is C19H29N3O. The van der Waals surface area contributed by atoms with E-state index in [0.717, 1.165) is 49.3 Å². The van der Waals surface area contributed by atoms with Crippen LogP contribution in [0.2, 0.25) is 0 Å². The Bertz CT molecular complexity index is 596. The quantitative estimate of drug-likeness (QED) is 0.928. The van der Waals surface area contributed by atoms with E-state index in [1.165, 1.54) is 30.5 Å². The van der Waals surface area contributed by atoms with E-state index in [2.05, 4.69) is 24.3 Å². The zero-order valence-electron chi connectivity index (χ0n) is 14.7. The second-order valence-corrected chi connectivity index (χ2v) is 8.47. The van der Waals surface area contributed by atoms with Gasteiger partial charge in [0.05, 0.1) is 12.2 Å². The molecule has 5 rings (SSSR count). The normalized spacial score (nSPS) is 34.8. The Labute approximate surface area is 139 Å². The highest BCUT2D eigenvalue weighted by molar-refractivity contribution is 5.83. The van der Waals surface area contributed by atoms with E-state index in [1.807, 2.05) is 11.6 Å². The van der Waals surface area contributed by atoms with Crippen LogP contribution in [0.15, 0.2) is 0 Å². The van der Waals surface area contributed by atoms with Crippen LogP contribution in [0.5, 0.6) is 0 Å². The summed E-state index contributed by atoms with van der Waals surface area (Å²) >= 11 is 0. The van der Waals surface area contributed by atoms with Crippen molar-refractivity contribution in [3.8, 4) is 0 Å². The largest absolute Gasteiger partial charge is 0.354 e. The van der Waals surface area contributed by atoms with E-state index in [1.54, 1.807) is 0 Å². The summed E-state index contributed by atoms with van der Waals surface area (Å²) in [6, 6.07) is 0. The van der Waals surface area contributed by atoms with Gasteiger partial charge in [-0.25, -0.2) is 0 Å². The first-order valence-corrected chi connectivity index (χ1v) is 9.26. The minimum Gasteiger partial charge on any atom is -0.354 e. The van der Waals surface area contributed by atoms with Gasteiger partial charge in [-0.05, 0) is 82.6 Å². The zero-order valence-corrected chi connectivity index (χ0v) is 14.7. The van der Waals surface area contributed by atoms with E-state index in [9.17, 15) is 4.79 Å². The smallest absolute Gasteiger partial charge is 0.226 e. The lowest BCUT2D eigenvalue weighted by atomic mass is 9.49. The summed E-state index contributed by atoms with van der Waals surface area (Å²) < 4.78 is 2.03. The minimum atomic E-state index is -0.0280. The van der Waals surface area contributed by atoms with Gasteiger partial charge in [0.1, 0.15) is 0 Å². The number of amides is 1. The fraction of sp³-hybridized carbons (Fsp3) is 0.789. The summed E-state index contributed by atoms with van der Waals surface area (Å²) in [6.45, 7) is 7.74. The molecule has 0 aliphatic heterocycles. The summed E-state index contributed by atoms with van der Waals surface area (Å²) in [5, 5.41) is 7.81. The van der Waals surface area contributed by atoms with Crippen LogP contribution in [0.25, 0.3) is 0 Å². The Balaban J connectivity index is 1.38. The number of hydrogen-bond donors (Lipinski definition) is 1. The molecule has 4 aliphatic rings. The number of nitrogens with zero attached hydrogens (tertiary/aromatic N) is 2. The molecule has 4 bridgehead atoms. The van der Waals surface area contributed by atoms with E-state index < -0.39 is 0 Å². The predicted octanol–water partition coefficient (Wildman–Crippen LogP) is 3.14. The molecule has 0 atom stereocenters. The third-order valence-corrected chi connectivity index (χ3v) is 6.87. The van der Waals surface area contributed by atoms with Crippen LogP contribution in [-0.2, 0) is 11.3 Å². The van der Waals surface area contributed by atoms with Gasteiger partial charge in [0.2, 0.25) is 5.91 Å². The standard InChI is InChI=1S/C19H29N3O/c1-12-13(2)21-22(14(12)3)5-4-20-18(23)19-9-15-6-16(10-19)8-17(7-15)11-19/h15-17H,4-11H2,1-3H3,(H,20,23). The molecule has 23 heavy (non-hydrogen) atoms. The van der Waals surface area contributed by atoms with Crippen molar-refractivity contribution in [2.45, 2.75) is 65.8 Å². The number of hydrogen-bond acceptors (Lipinski definition) is 2. The molecule has 4 nitrogen and oxygen atoms in total. The van der Waals surface area contributed by atoms with Gasteiger partial charge in [0.15, 0.2) is 0 Å². The molecule has 1 heterocycles. The van der Waals surface area contributed by atoms with Crippen LogP contribution in [-0.4, -0.2) is 22.2 Å². The molecule has 1 aromatic heterocycles. The molecule has 0 unspecified atom stereocenters. The summed E-state index contributed by atoms with van der Waals surface area (Å²) in [5.74, 6) is 2.80. The summed E-state index contributed by atoms with van der Waals surface area (Å²) in [6.07, 6.45) is 7.59. The Morgan fingerprint density at radius 2 is 1.70 bits per heavy atom. The molecule has 0 aromatic carbocycles. The molecule has 4 aliphatic carbocycles. The summed E-state index contributed by atoms with van der Waals surface area (Å²) in [4.78, 5) is 12.9. The van der Waals surface area contributed by atoms with Crippen molar-refractivity contribution in [2.75, 3.05) is 6.54 Å². The lowest BCUT2D eigenvalue weighted by Crippen LogP contribution is -2.53. The number of carbonyl (C=O) groups excluding carboxylic acids is 1. The second-order valence-electron chi connectivity index (χ2n) is 8.47. The first-order chi connectivity index (χ1) is 11.0. The third kappa shape index (κ3) is 2.50. The molecule has 0 radical (unpaired) electrons. The average Bonchev–Trinajstić information content (AvgIpc) is 2.73. The van der Waals surface area contributed by atoms with Crippen molar-refractivity contribution in [1.29, 1.82) is 0 Å². The minimum absolute atomic E-state index is 0.0280. The average molecular weight is 315 g/mol. The zero-order chi connectivity index (χ0) is 16.2. The topological polar surface area (TPSA) is 46.9 Å². The van der Waals surface area contributed by atoms with E-state index in [0.29, 0.717) is 12.5 Å². The number of nitrogens with one attached hydrogen (secondary N) is 1. The highest BCUT2D eigenvalue weighted by atomic mass is 16.2. The van der Waals surface area contributed by atoms with Gasteiger partial charge in [0.25, 0.3) is 0 Å². The molecule has 4 heteroatoms. The Morgan fingerprint density at radius 3 is 2.17 bits per heavy atom. The van der Waals surface area contributed by atoms with Crippen molar-refractivity contribution in [1.82, 2.24) is 15.1 Å². The molecule has 0 spiro atoms. The van der Waals surface area contributed by atoms with Crippen molar-refractivity contribution in [2.24, 2.45) is 23.2 Å². The Morgan fingerprint density at radius 1 is 1.13 bits per heavy atom. The van der Waals surface area contributed by atoms with Crippen LogP contribution in [0.1, 0.15) is 55.5 Å². The SMILES string of the molecule is Cc1nn(CCNC(=O)C23CC4CC(CC(C4)C2)C3)c(C)c1C. The fourth-order valence-corrected chi connectivity index (χ4v) is 5.86. The van der Waals surface area contributed by atoms with Crippen molar-refractivity contribution in [3.05, 3.63) is 17.0 Å². The second kappa shape index (κ2) is 5.35. The molecule has 4 fully saturated rings. The maximum absolute atomic E-state index is 12.9. The lowest BCUT2D eigenvalue weighted by molar-refractivity contribution is -0.146. The van der Waals surface area contributed by atoms with Crippen LogP contribution in [0, 0.1) is 43.9 Å². The lowest BCUT2D eigenvalue weighted by Gasteiger charge is -2.55. The molecule has 0 saturated heterocycles. The highest BCUT2D eigenvalue weighted by Crippen LogP contribution is 2.60. The first-order valence-electron chi connectivity index (χ1n) is 9.26. The van der Waals surface area contributed by atoms with E-state index in [-0.39, 0.29) is 5.41 Å². The Hall–Kier alpha value is -1.32. The van der Waals surface area contributed by atoms with Crippen molar-refractivity contribution in [3.63, 3.8) is 0 Å². The predicted molar refractivity (Wildman–Crippen MR) is 90.1 cm³/mol. The first kappa shape index (κ1) is 15.2. The highest BCUT2D eigenvalue weighted by Gasteiger charge is 2.54. The fourth-order valence-electron chi connectivity index (χ4n) is 5.86. The van der Waals surface area contributed by atoms with Gasteiger partial charge >= 0.3 is 0 Å². The monoisotopic (exact) mass is 315 g/mol. The van der Waals surface area contributed by atoms with Crippen LogP contribution < -0.4 is 5.32 Å². The molecular weight excluding hydrogens is 286 g/mol. The number of aromatic nitrogens is 2. The maximum Gasteiger partial charge on any atom is 0.226 e. The van der Waals surface area contributed by atoms with Gasteiger partial charge < -0.3 is 5.32 Å². The number of aryl methyl sites for hydroxylation is 1. The molecule has 1 aromatic rings. The van der Waals surface area contributed by atoms with Crippen molar-refractivity contribution < 1.29 is 4.79 Å². The summed E-state index contributed by atoms with van der Waals surface area (Å²) in [7, 11) is 0. The maximum atomic E-state index is 12.9. The van der Waals surface area contributed by atoms with Gasteiger partial charge in [-0.2, -0.15) is 5.10 Å². The molecule has 126 valence electrons. The van der Waals surface area contributed by atoms with E-state index >= 15 is 0 Å². The van der Waals surface area contributed by atoms with Crippen LogP contribution in [0.3, 0.4) is 0 Å².